The van der Waals surface area contributed by atoms with Crippen LogP contribution in [0.4, 0.5) is 17.5 Å². The fourth-order valence-corrected chi connectivity index (χ4v) is 3.98. The smallest absolute Gasteiger partial charge is 0.317 e. The minimum absolute atomic E-state index is 0.109. The summed E-state index contributed by atoms with van der Waals surface area (Å²) in [5.41, 5.74) is 9.33. The number of nitrogens with two attached hydrogens (primary N) is 1. The monoisotopic (exact) mass is 476 g/mol. The summed E-state index contributed by atoms with van der Waals surface area (Å²) in [5.74, 6) is 0.564. The van der Waals surface area contributed by atoms with Gasteiger partial charge < -0.3 is 21.5 Å². The fraction of sp³-hybridized carbons (Fsp3) is 0.360. The van der Waals surface area contributed by atoms with E-state index in [2.05, 4.69) is 42.6 Å². The number of nitrogens with zero attached hydrogens (tertiary/aromatic N) is 5. The lowest BCUT2D eigenvalue weighted by atomic mass is 10.1. The molecule has 3 heterocycles. The van der Waals surface area contributed by atoms with Gasteiger partial charge in [0.15, 0.2) is 0 Å². The van der Waals surface area contributed by atoms with Crippen molar-refractivity contribution in [2.45, 2.75) is 13.0 Å². The van der Waals surface area contributed by atoms with E-state index in [4.69, 9.17) is 10.8 Å². The lowest BCUT2D eigenvalue weighted by Crippen LogP contribution is -2.47. The van der Waals surface area contributed by atoms with E-state index in [1.54, 1.807) is 12.4 Å². The van der Waals surface area contributed by atoms with E-state index >= 15 is 0 Å². The lowest BCUT2D eigenvalue weighted by molar-refractivity contribution is -0.138. The van der Waals surface area contributed by atoms with Crippen LogP contribution in [0.1, 0.15) is 12.0 Å². The first-order valence-electron chi connectivity index (χ1n) is 11.8. The number of nitrogens with one attached hydrogen (secondary N) is 2. The van der Waals surface area contributed by atoms with Crippen molar-refractivity contribution in [2.75, 3.05) is 56.4 Å². The average Bonchev–Trinajstić information content (AvgIpc) is 2.86. The molecular formula is C25H32N8O2. The number of piperazine rings is 1. The highest BCUT2D eigenvalue weighted by Gasteiger charge is 2.18. The summed E-state index contributed by atoms with van der Waals surface area (Å²) in [6, 6.07) is 14.0. The third-order valence-electron chi connectivity index (χ3n) is 5.81. The van der Waals surface area contributed by atoms with E-state index in [-0.39, 0.29) is 6.54 Å². The van der Waals surface area contributed by atoms with Crippen molar-refractivity contribution in [1.29, 1.82) is 0 Å². The molecule has 2 aromatic heterocycles. The Hall–Kier alpha value is -3.60. The van der Waals surface area contributed by atoms with Crippen molar-refractivity contribution in [3.63, 3.8) is 0 Å². The highest BCUT2D eigenvalue weighted by molar-refractivity contribution is 5.69. The number of aliphatic carboxylic acids is 1. The summed E-state index contributed by atoms with van der Waals surface area (Å²) in [6.07, 6.45) is 4.43. The third kappa shape index (κ3) is 7.44. The van der Waals surface area contributed by atoms with Gasteiger partial charge in [0.2, 0.25) is 5.95 Å². The van der Waals surface area contributed by atoms with Crippen LogP contribution in [-0.2, 0) is 11.3 Å². The van der Waals surface area contributed by atoms with Gasteiger partial charge in [-0.2, -0.15) is 0 Å². The van der Waals surface area contributed by atoms with Crippen LogP contribution in [0, 0.1) is 0 Å². The summed E-state index contributed by atoms with van der Waals surface area (Å²) in [6.45, 7) is 5.61. The van der Waals surface area contributed by atoms with Gasteiger partial charge in [-0.05, 0) is 48.9 Å². The van der Waals surface area contributed by atoms with Gasteiger partial charge >= 0.3 is 5.97 Å². The molecule has 1 aliphatic heterocycles. The van der Waals surface area contributed by atoms with Crippen LogP contribution in [0.15, 0.2) is 54.9 Å². The SMILES string of the molecule is NCCCNc1ccc(-c2ccnc(Nc3cccc(CN4CCN(CC(=O)O)CC4)c3)n2)cn1. The van der Waals surface area contributed by atoms with E-state index in [0.29, 0.717) is 12.5 Å². The number of aromatic nitrogens is 3. The van der Waals surface area contributed by atoms with Gasteiger partial charge in [-0.25, -0.2) is 15.0 Å². The second kappa shape index (κ2) is 12.2. The highest BCUT2D eigenvalue weighted by Crippen LogP contribution is 2.21. The molecule has 0 amide bonds. The maximum Gasteiger partial charge on any atom is 0.317 e. The molecule has 10 nitrogen and oxygen atoms in total. The van der Waals surface area contributed by atoms with Crippen molar-refractivity contribution >= 4 is 23.4 Å². The summed E-state index contributed by atoms with van der Waals surface area (Å²) in [5, 5.41) is 15.5. The zero-order chi connectivity index (χ0) is 24.5. The van der Waals surface area contributed by atoms with Gasteiger partial charge in [0, 0.05) is 62.9 Å². The number of carboxylic acid groups (broad SMARTS) is 1. The fourth-order valence-electron chi connectivity index (χ4n) is 3.98. The number of anilines is 3. The van der Waals surface area contributed by atoms with Crippen LogP contribution in [0.3, 0.4) is 0 Å². The van der Waals surface area contributed by atoms with Gasteiger partial charge in [-0.1, -0.05) is 12.1 Å². The molecule has 1 fully saturated rings. The minimum Gasteiger partial charge on any atom is -0.480 e. The van der Waals surface area contributed by atoms with Crippen molar-refractivity contribution in [3.05, 3.63) is 60.4 Å². The van der Waals surface area contributed by atoms with E-state index in [1.807, 2.05) is 35.2 Å². The molecule has 1 aromatic carbocycles. The number of hydrogen-bond acceptors (Lipinski definition) is 9. The largest absolute Gasteiger partial charge is 0.480 e. The molecule has 4 rings (SSSR count). The van der Waals surface area contributed by atoms with Gasteiger partial charge in [0.05, 0.1) is 12.2 Å². The zero-order valence-electron chi connectivity index (χ0n) is 19.7. The van der Waals surface area contributed by atoms with Crippen LogP contribution in [0.2, 0.25) is 0 Å². The van der Waals surface area contributed by atoms with Crippen LogP contribution < -0.4 is 16.4 Å². The Kier molecular flexibility index (Phi) is 8.55. The third-order valence-corrected chi connectivity index (χ3v) is 5.81. The Morgan fingerprint density at radius 1 is 1.06 bits per heavy atom. The summed E-state index contributed by atoms with van der Waals surface area (Å²) in [7, 11) is 0. The average molecular weight is 477 g/mol. The number of benzene rings is 1. The maximum absolute atomic E-state index is 10.9. The van der Waals surface area contributed by atoms with E-state index < -0.39 is 5.97 Å². The first kappa shape index (κ1) is 24.5. The molecule has 0 radical (unpaired) electrons. The van der Waals surface area contributed by atoms with Crippen LogP contribution in [-0.4, -0.2) is 81.6 Å². The lowest BCUT2D eigenvalue weighted by Gasteiger charge is -2.33. The number of carbonyl (C=O) groups is 1. The van der Waals surface area contributed by atoms with Crippen LogP contribution in [0.25, 0.3) is 11.3 Å². The number of hydrogen-bond donors (Lipinski definition) is 4. The van der Waals surface area contributed by atoms with Crippen molar-refractivity contribution < 1.29 is 9.90 Å². The molecule has 0 atom stereocenters. The molecule has 10 heteroatoms. The molecule has 0 spiro atoms. The van der Waals surface area contributed by atoms with Crippen molar-refractivity contribution in [3.8, 4) is 11.3 Å². The molecule has 1 saturated heterocycles. The highest BCUT2D eigenvalue weighted by atomic mass is 16.4. The summed E-state index contributed by atoms with van der Waals surface area (Å²) < 4.78 is 0. The Morgan fingerprint density at radius 3 is 2.63 bits per heavy atom. The first-order chi connectivity index (χ1) is 17.1. The second-order valence-electron chi connectivity index (χ2n) is 8.54. The topological polar surface area (TPSA) is 133 Å². The standard InChI is InChI=1S/C25H32N8O2/c26-8-2-9-27-23-6-5-20(16-29-23)22-7-10-28-25(31-22)30-21-4-1-3-19(15-21)17-32-11-13-33(14-12-32)18-24(34)35/h1,3-7,10,15-16H,2,8-9,11-14,17-18,26H2,(H,27,29)(H,34,35)(H,28,30,31). The van der Waals surface area contributed by atoms with Crippen molar-refractivity contribution in [1.82, 2.24) is 24.8 Å². The predicted octanol–water partition coefficient (Wildman–Crippen LogP) is 2.25. The van der Waals surface area contributed by atoms with E-state index in [0.717, 1.165) is 68.5 Å². The summed E-state index contributed by atoms with van der Waals surface area (Å²) >= 11 is 0. The Balaban J connectivity index is 1.35. The first-order valence-corrected chi connectivity index (χ1v) is 11.8. The Labute approximate surface area is 205 Å². The molecule has 0 bridgehead atoms. The second-order valence-corrected chi connectivity index (χ2v) is 8.54. The quantitative estimate of drug-likeness (QED) is 0.305. The van der Waals surface area contributed by atoms with Crippen molar-refractivity contribution in [2.24, 2.45) is 5.73 Å². The molecule has 0 aliphatic carbocycles. The normalized spacial score (nSPS) is 14.5. The Bertz CT molecular complexity index is 1100. The summed E-state index contributed by atoms with van der Waals surface area (Å²) in [4.78, 5) is 28.7. The van der Waals surface area contributed by atoms with Gasteiger partial charge in [-0.3, -0.25) is 14.6 Å². The molecule has 184 valence electrons. The van der Waals surface area contributed by atoms with E-state index in [1.165, 1.54) is 5.56 Å². The van der Waals surface area contributed by atoms with Crippen LogP contribution in [0.5, 0.6) is 0 Å². The number of carboxylic acids is 1. The molecule has 5 N–H and O–H groups in total. The molecule has 0 unspecified atom stereocenters. The zero-order valence-corrected chi connectivity index (χ0v) is 19.7. The molecular weight excluding hydrogens is 444 g/mol. The van der Waals surface area contributed by atoms with Gasteiger partial charge in [0.1, 0.15) is 5.82 Å². The minimum atomic E-state index is -0.771. The molecule has 35 heavy (non-hydrogen) atoms. The molecule has 1 aliphatic rings. The molecule has 0 saturated carbocycles. The maximum atomic E-state index is 10.9. The Morgan fingerprint density at radius 2 is 1.89 bits per heavy atom. The van der Waals surface area contributed by atoms with Crippen LogP contribution >= 0.6 is 0 Å². The van der Waals surface area contributed by atoms with Gasteiger partial charge in [0.25, 0.3) is 0 Å². The number of pyridine rings is 1. The number of rotatable bonds is 11. The van der Waals surface area contributed by atoms with Gasteiger partial charge in [-0.15, -0.1) is 0 Å². The van der Waals surface area contributed by atoms with E-state index in [9.17, 15) is 4.79 Å². The molecule has 3 aromatic rings. The predicted molar refractivity (Wildman–Crippen MR) is 137 cm³/mol.